The number of nitrogens with zero attached hydrogens (tertiary/aromatic N) is 5. The molecule has 4 aliphatic rings. The second-order valence-electron chi connectivity index (χ2n) is 15.1. The van der Waals surface area contributed by atoms with Crippen LogP contribution in [0.25, 0.3) is 22.3 Å². The first-order valence-electron chi connectivity index (χ1n) is 18.8. The van der Waals surface area contributed by atoms with Crippen LogP contribution in [-0.4, -0.2) is 82.7 Å². The van der Waals surface area contributed by atoms with Crippen LogP contribution in [0.3, 0.4) is 0 Å². The van der Waals surface area contributed by atoms with Crippen LogP contribution in [0, 0.1) is 6.92 Å². The van der Waals surface area contributed by atoms with Crippen molar-refractivity contribution in [2.75, 3.05) is 43.4 Å². The first-order valence-corrected chi connectivity index (χ1v) is 18.8. The Kier molecular flexibility index (Phi) is 8.82. The van der Waals surface area contributed by atoms with Crippen molar-refractivity contribution in [1.29, 1.82) is 0 Å². The van der Waals surface area contributed by atoms with Crippen LogP contribution in [0.5, 0.6) is 0 Å². The van der Waals surface area contributed by atoms with Gasteiger partial charge in [-0.3, -0.25) is 14.5 Å². The van der Waals surface area contributed by atoms with E-state index in [1.807, 2.05) is 37.5 Å². The molecule has 3 aliphatic heterocycles. The highest BCUT2D eigenvalue weighted by molar-refractivity contribution is 6.09. The van der Waals surface area contributed by atoms with Crippen molar-refractivity contribution in [2.24, 2.45) is 0 Å². The van der Waals surface area contributed by atoms with Gasteiger partial charge in [0.05, 0.1) is 23.0 Å². The highest BCUT2D eigenvalue weighted by Gasteiger charge is 2.55. The zero-order chi connectivity index (χ0) is 35.4. The number of carbonyl (C=O) groups is 2. The van der Waals surface area contributed by atoms with E-state index in [2.05, 4.69) is 62.4 Å². The summed E-state index contributed by atoms with van der Waals surface area (Å²) in [5.41, 5.74) is 7.22. The molecule has 2 saturated heterocycles. The third-order valence-electron chi connectivity index (χ3n) is 12.1. The molecule has 268 valence electrons. The Morgan fingerprint density at radius 2 is 1.92 bits per heavy atom. The average Bonchev–Trinajstić information content (AvgIpc) is 3.65. The van der Waals surface area contributed by atoms with E-state index in [1.54, 1.807) is 7.05 Å². The molecule has 51 heavy (non-hydrogen) atoms. The Morgan fingerprint density at radius 1 is 1.12 bits per heavy atom. The van der Waals surface area contributed by atoms with Crippen molar-refractivity contribution in [2.45, 2.75) is 95.4 Å². The Hall–Kier alpha value is -4.35. The summed E-state index contributed by atoms with van der Waals surface area (Å²) in [6, 6.07) is 14.9. The van der Waals surface area contributed by atoms with Gasteiger partial charge in [0, 0.05) is 54.2 Å². The Morgan fingerprint density at radius 3 is 2.67 bits per heavy atom. The van der Waals surface area contributed by atoms with Crippen LogP contribution in [0.4, 0.5) is 21.6 Å². The van der Waals surface area contributed by atoms with Crippen LogP contribution in [0.1, 0.15) is 86.3 Å². The standard InChI is InChI=1S/C40H49FN8O2/c1-5-25(3)48-23-44-34-21-33(46-37(36(34)48)45-28-10-8-24(2)31(18-28)38(50)42-4)26-9-11-32-35(17-26)49(39(51)40(32)12-14-43-15-13-40)30-19-29(20-30)47-16-6-7-27(41)22-47/h8-11,17-18,21,23,25,27,29-30,43H,5-7,12-16,19-20,22H2,1-4H3,(H,42,50)(H,45,46)/t25-,27+,29-,30+/m0/s1. The fraction of sp³-hybridized carbons (Fsp3) is 0.500. The molecule has 10 nitrogen and oxygen atoms in total. The number of carbonyl (C=O) groups excluding carboxylic acids is 2. The van der Waals surface area contributed by atoms with Gasteiger partial charge in [-0.05, 0) is 114 Å². The van der Waals surface area contributed by atoms with Gasteiger partial charge in [-0.25, -0.2) is 14.4 Å². The number of nitrogens with one attached hydrogen (secondary N) is 3. The van der Waals surface area contributed by atoms with Gasteiger partial charge in [0.15, 0.2) is 5.82 Å². The van der Waals surface area contributed by atoms with Crippen LogP contribution < -0.4 is 20.9 Å². The molecule has 8 rings (SSSR count). The van der Waals surface area contributed by atoms with Gasteiger partial charge in [-0.15, -0.1) is 0 Å². The SMILES string of the molecule is CC[C@H](C)n1cnc2cc(-c3ccc4c(c3)N([C@H]3C[C@@H](N5CCC[C@@H](F)C5)C3)C(=O)C43CCNCC3)nc(Nc3ccc(C)c(C(=O)NC)c3)c21. The lowest BCUT2D eigenvalue weighted by Crippen LogP contribution is -2.59. The predicted molar refractivity (Wildman–Crippen MR) is 200 cm³/mol. The fourth-order valence-corrected chi connectivity index (χ4v) is 8.84. The molecule has 1 spiro atoms. The predicted octanol–water partition coefficient (Wildman–Crippen LogP) is 6.41. The largest absolute Gasteiger partial charge is 0.355 e. The summed E-state index contributed by atoms with van der Waals surface area (Å²) in [7, 11) is 1.64. The number of rotatable bonds is 8. The van der Waals surface area contributed by atoms with E-state index >= 15 is 0 Å². The van der Waals surface area contributed by atoms with E-state index < -0.39 is 11.6 Å². The van der Waals surface area contributed by atoms with E-state index in [0.717, 1.165) is 103 Å². The van der Waals surface area contributed by atoms with Crippen LogP contribution >= 0.6 is 0 Å². The molecule has 0 unspecified atom stereocenters. The molecule has 1 saturated carbocycles. The van der Waals surface area contributed by atoms with Gasteiger partial charge in [0.25, 0.3) is 5.91 Å². The van der Waals surface area contributed by atoms with Crippen molar-refractivity contribution in [3.63, 3.8) is 0 Å². The van der Waals surface area contributed by atoms with Gasteiger partial charge < -0.3 is 25.4 Å². The number of alkyl halides is 1. The molecular weight excluding hydrogens is 643 g/mol. The minimum absolute atomic E-state index is 0.0979. The molecule has 3 N–H and O–H groups in total. The highest BCUT2D eigenvalue weighted by Crippen LogP contribution is 2.51. The summed E-state index contributed by atoms with van der Waals surface area (Å²) >= 11 is 0. The summed E-state index contributed by atoms with van der Waals surface area (Å²) in [5, 5.41) is 9.75. The lowest BCUT2D eigenvalue weighted by Gasteiger charge is -2.48. The van der Waals surface area contributed by atoms with Gasteiger partial charge >= 0.3 is 0 Å². The maximum atomic E-state index is 14.6. The number of aryl methyl sites for hydroxylation is 1. The number of halogens is 1. The molecule has 2 amide bonds. The third kappa shape index (κ3) is 5.78. The van der Waals surface area contributed by atoms with E-state index in [4.69, 9.17) is 9.97 Å². The maximum absolute atomic E-state index is 14.6. The van der Waals surface area contributed by atoms with Crippen molar-refractivity contribution in [1.82, 2.24) is 30.1 Å². The molecule has 2 atom stereocenters. The van der Waals surface area contributed by atoms with E-state index in [9.17, 15) is 14.0 Å². The molecule has 4 aromatic rings. The quantitative estimate of drug-likeness (QED) is 0.196. The normalized spacial score (nSPS) is 23.7. The third-order valence-corrected chi connectivity index (χ3v) is 12.1. The molecule has 1 aliphatic carbocycles. The van der Waals surface area contributed by atoms with E-state index in [-0.39, 0.29) is 23.9 Å². The lowest BCUT2D eigenvalue weighted by atomic mass is 9.74. The van der Waals surface area contributed by atoms with Crippen molar-refractivity contribution >= 4 is 40.0 Å². The highest BCUT2D eigenvalue weighted by atomic mass is 19.1. The number of imidazole rings is 1. The van der Waals surface area contributed by atoms with Gasteiger partial charge in [0.1, 0.15) is 11.7 Å². The number of pyridine rings is 1. The van der Waals surface area contributed by atoms with E-state index in [1.165, 1.54) is 0 Å². The molecule has 11 heteroatoms. The summed E-state index contributed by atoms with van der Waals surface area (Å²) in [4.78, 5) is 41.7. The average molecular weight is 693 g/mol. The van der Waals surface area contributed by atoms with Crippen molar-refractivity contribution in [3.8, 4) is 11.3 Å². The van der Waals surface area contributed by atoms with Gasteiger partial charge in [0.2, 0.25) is 5.91 Å². The summed E-state index contributed by atoms with van der Waals surface area (Å²) in [5.74, 6) is 0.729. The molecule has 2 aromatic heterocycles. The topological polar surface area (TPSA) is 107 Å². The minimum Gasteiger partial charge on any atom is -0.355 e. The van der Waals surface area contributed by atoms with Crippen LogP contribution in [-0.2, 0) is 10.2 Å². The zero-order valence-electron chi connectivity index (χ0n) is 30.1. The molecule has 0 bridgehead atoms. The molecule has 3 fully saturated rings. The first kappa shape index (κ1) is 33.8. The number of benzene rings is 2. The second kappa shape index (κ2) is 13.3. The van der Waals surface area contributed by atoms with Gasteiger partial charge in [-0.1, -0.05) is 25.1 Å². The fourth-order valence-electron chi connectivity index (χ4n) is 8.84. The zero-order valence-corrected chi connectivity index (χ0v) is 30.1. The maximum Gasteiger partial charge on any atom is 0.251 e. The smallest absolute Gasteiger partial charge is 0.251 e. The Bertz CT molecular complexity index is 1980. The number of fused-ring (bicyclic) bond motifs is 3. The summed E-state index contributed by atoms with van der Waals surface area (Å²) < 4.78 is 16.5. The molecule has 0 radical (unpaired) electrons. The van der Waals surface area contributed by atoms with Crippen LogP contribution in [0.2, 0.25) is 0 Å². The summed E-state index contributed by atoms with van der Waals surface area (Å²) in [6.07, 6.45) is 6.91. The number of piperidine rings is 2. The molecule has 5 heterocycles. The van der Waals surface area contributed by atoms with Crippen LogP contribution in [0.15, 0.2) is 48.8 Å². The van der Waals surface area contributed by atoms with E-state index in [0.29, 0.717) is 30.4 Å². The Balaban J connectivity index is 1.19. The number of likely N-dealkylation sites (tertiary alicyclic amines) is 1. The van der Waals surface area contributed by atoms with Crippen molar-refractivity contribution < 1.29 is 14.0 Å². The minimum atomic E-state index is -0.753. The number of hydrogen-bond donors (Lipinski definition) is 3. The monoisotopic (exact) mass is 692 g/mol. The van der Waals surface area contributed by atoms with Crippen molar-refractivity contribution in [3.05, 3.63) is 65.5 Å². The second-order valence-corrected chi connectivity index (χ2v) is 15.1. The van der Waals surface area contributed by atoms with Gasteiger partial charge in [-0.2, -0.15) is 0 Å². The number of hydrogen-bond acceptors (Lipinski definition) is 7. The number of amides is 2. The summed E-state index contributed by atoms with van der Waals surface area (Å²) in [6.45, 7) is 9.32. The first-order chi connectivity index (χ1) is 24.7. The molecular formula is C40H49FN8O2. The molecule has 2 aromatic carbocycles. The lowest BCUT2D eigenvalue weighted by molar-refractivity contribution is -0.125. The Labute approximate surface area is 299 Å². The number of anilines is 3. The number of aromatic nitrogens is 3.